The molecule has 0 saturated heterocycles. The van der Waals surface area contributed by atoms with Crippen LogP contribution in [0.1, 0.15) is 12.8 Å². The van der Waals surface area contributed by atoms with Gasteiger partial charge in [0.05, 0.1) is 6.42 Å². The molecule has 0 unspecified atom stereocenters. The summed E-state index contributed by atoms with van der Waals surface area (Å²) in [6, 6.07) is 0. The number of carbonyl (C=O) groups excluding carboxylic acids is 1. The maximum absolute atomic E-state index is 10.3. The van der Waals surface area contributed by atoms with Gasteiger partial charge >= 0.3 is 16.1 Å². The fourth-order valence-corrected chi connectivity index (χ4v) is 0.698. The third-order valence-electron chi connectivity index (χ3n) is 0.831. The minimum absolute atomic E-state index is 0.599. The Bertz CT molecular complexity index is 262. The number of hydrogen-bond acceptors (Lipinski definition) is 4. The zero-order chi connectivity index (χ0) is 9.07. The molecule has 0 rings (SSSR count). The topological polar surface area (TPSA) is 109 Å². The third-order valence-corrected chi connectivity index (χ3v) is 1.61. The predicted octanol–water partition coefficient (Wildman–Crippen LogP) is -0.734. The van der Waals surface area contributed by atoms with E-state index in [1.165, 1.54) is 0 Å². The molecule has 0 bridgehead atoms. The lowest BCUT2D eigenvalue weighted by atomic mass is 10.3. The summed E-state index contributed by atoms with van der Waals surface area (Å²) in [6.45, 7) is 0. The van der Waals surface area contributed by atoms with Crippen LogP contribution in [0, 0.1) is 0 Å². The molecule has 0 atom stereocenters. The summed E-state index contributed by atoms with van der Waals surface area (Å²) in [6.07, 6.45) is -1.30. The van der Waals surface area contributed by atoms with E-state index >= 15 is 0 Å². The van der Waals surface area contributed by atoms with Gasteiger partial charge in [0.15, 0.2) is 0 Å². The highest BCUT2D eigenvalue weighted by Crippen LogP contribution is 1.96. The number of carboxylic acid groups (broad SMARTS) is 1. The van der Waals surface area contributed by atoms with Gasteiger partial charge in [0, 0.05) is 6.42 Å². The second-order valence-corrected chi connectivity index (χ2v) is 3.15. The number of carbonyl (C=O) groups is 2. The fourth-order valence-electron chi connectivity index (χ4n) is 0.338. The minimum Gasteiger partial charge on any atom is -0.481 e. The Balaban J connectivity index is 4.02. The van der Waals surface area contributed by atoms with Crippen molar-refractivity contribution in [2.45, 2.75) is 12.8 Å². The molecule has 0 fully saturated rings. The molecule has 2 N–H and O–H groups in total. The zero-order valence-corrected chi connectivity index (χ0v) is 6.17. The van der Waals surface area contributed by atoms with Gasteiger partial charge in [-0.1, -0.05) is 0 Å². The second kappa shape index (κ2) is 3.44. The van der Waals surface area contributed by atoms with E-state index in [-0.39, 0.29) is 0 Å². The first-order valence-corrected chi connectivity index (χ1v) is 4.00. The van der Waals surface area contributed by atoms with Gasteiger partial charge in [-0.2, -0.15) is 8.42 Å². The summed E-state index contributed by atoms with van der Waals surface area (Å²) in [5.74, 6) is -1.29. The van der Waals surface area contributed by atoms with Gasteiger partial charge in [-0.3, -0.25) is 14.1 Å². The Morgan fingerprint density at radius 1 is 1.18 bits per heavy atom. The van der Waals surface area contributed by atoms with E-state index in [9.17, 15) is 18.0 Å². The van der Waals surface area contributed by atoms with Gasteiger partial charge in [0.25, 0.3) is 5.12 Å². The van der Waals surface area contributed by atoms with E-state index in [0.717, 1.165) is 0 Å². The monoisotopic (exact) mass is 182 g/mol. The van der Waals surface area contributed by atoms with Crippen LogP contribution in [0.5, 0.6) is 0 Å². The summed E-state index contributed by atoms with van der Waals surface area (Å²) in [4.78, 5) is 20.1. The standard InChI is InChI=1S/C4H6O6S/c5-3(6)1-2-4(7)11(8,9)10/h1-2H2,(H,5,6)(H,8,9,10). The fraction of sp³-hybridized carbons (Fsp3) is 0.500. The summed E-state index contributed by atoms with van der Waals surface area (Å²) < 4.78 is 27.9. The van der Waals surface area contributed by atoms with Crippen molar-refractivity contribution in [3.63, 3.8) is 0 Å². The first kappa shape index (κ1) is 10.0. The summed E-state index contributed by atoms with van der Waals surface area (Å²) in [7, 11) is -4.70. The molecule has 6 nitrogen and oxygen atoms in total. The largest absolute Gasteiger partial charge is 0.481 e. The molecule has 0 aromatic carbocycles. The lowest BCUT2D eigenvalue weighted by Crippen LogP contribution is -2.14. The van der Waals surface area contributed by atoms with Crippen LogP contribution >= 0.6 is 0 Å². The Kier molecular flexibility index (Phi) is 3.15. The minimum atomic E-state index is -4.70. The van der Waals surface area contributed by atoms with Crippen molar-refractivity contribution in [2.24, 2.45) is 0 Å². The quantitative estimate of drug-likeness (QED) is 0.556. The van der Waals surface area contributed by atoms with Gasteiger partial charge < -0.3 is 5.11 Å². The van der Waals surface area contributed by atoms with Crippen molar-refractivity contribution < 1.29 is 27.7 Å². The molecule has 0 aromatic rings. The maximum Gasteiger partial charge on any atom is 0.328 e. The molecular formula is C4H6O6S. The van der Waals surface area contributed by atoms with Gasteiger partial charge in [0.2, 0.25) is 0 Å². The van der Waals surface area contributed by atoms with E-state index in [1.807, 2.05) is 0 Å². The molecular weight excluding hydrogens is 176 g/mol. The smallest absolute Gasteiger partial charge is 0.328 e. The molecule has 11 heavy (non-hydrogen) atoms. The van der Waals surface area contributed by atoms with Crippen LogP contribution in [-0.2, 0) is 19.7 Å². The lowest BCUT2D eigenvalue weighted by Gasteiger charge is -1.91. The molecule has 0 aliphatic rings. The molecule has 0 saturated carbocycles. The molecule has 7 heteroatoms. The number of carboxylic acids is 1. The van der Waals surface area contributed by atoms with Crippen molar-refractivity contribution in [1.82, 2.24) is 0 Å². The SMILES string of the molecule is O=C(O)CCC(=O)S(=O)(=O)O. The van der Waals surface area contributed by atoms with Gasteiger partial charge in [-0.25, -0.2) is 0 Å². The first-order valence-electron chi connectivity index (χ1n) is 2.56. The van der Waals surface area contributed by atoms with Crippen molar-refractivity contribution in [2.75, 3.05) is 0 Å². The van der Waals surface area contributed by atoms with Crippen LogP contribution in [0.4, 0.5) is 0 Å². The Hall–Kier alpha value is -0.950. The molecule has 0 aliphatic carbocycles. The van der Waals surface area contributed by atoms with Crippen molar-refractivity contribution in [3.8, 4) is 0 Å². The molecule has 0 spiro atoms. The number of aliphatic carboxylic acids is 1. The van der Waals surface area contributed by atoms with Gasteiger partial charge in [0.1, 0.15) is 0 Å². The average Bonchev–Trinajstić information content (AvgIpc) is 1.80. The Morgan fingerprint density at radius 2 is 1.64 bits per heavy atom. The van der Waals surface area contributed by atoms with Crippen LogP contribution in [0.3, 0.4) is 0 Å². The highest BCUT2D eigenvalue weighted by atomic mass is 32.2. The highest BCUT2D eigenvalue weighted by Gasteiger charge is 2.18. The van der Waals surface area contributed by atoms with Crippen LogP contribution in [-0.4, -0.2) is 29.2 Å². The summed E-state index contributed by atoms with van der Waals surface area (Å²) in [5, 5.41) is 6.53. The van der Waals surface area contributed by atoms with E-state index < -0.39 is 34.0 Å². The molecule has 64 valence electrons. The normalized spacial score (nSPS) is 11.0. The second-order valence-electron chi connectivity index (χ2n) is 1.74. The van der Waals surface area contributed by atoms with Crippen molar-refractivity contribution in [1.29, 1.82) is 0 Å². The Labute approximate surface area is 62.6 Å². The van der Waals surface area contributed by atoms with Crippen molar-refractivity contribution in [3.05, 3.63) is 0 Å². The van der Waals surface area contributed by atoms with E-state index in [1.54, 1.807) is 0 Å². The molecule has 0 aliphatic heterocycles. The summed E-state index contributed by atoms with van der Waals surface area (Å²) >= 11 is 0. The van der Waals surface area contributed by atoms with E-state index in [0.29, 0.717) is 0 Å². The van der Waals surface area contributed by atoms with Gasteiger partial charge in [-0.15, -0.1) is 0 Å². The van der Waals surface area contributed by atoms with Crippen LogP contribution in [0.2, 0.25) is 0 Å². The molecule has 0 aromatic heterocycles. The van der Waals surface area contributed by atoms with Gasteiger partial charge in [-0.05, 0) is 0 Å². The molecule has 0 radical (unpaired) electrons. The maximum atomic E-state index is 10.3. The lowest BCUT2D eigenvalue weighted by molar-refractivity contribution is -0.138. The van der Waals surface area contributed by atoms with Crippen LogP contribution in [0.15, 0.2) is 0 Å². The highest BCUT2D eigenvalue weighted by molar-refractivity contribution is 8.01. The average molecular weight is 182 g/mol. The molecule has 0 heterocycles. The van der Waals surface area contributed by atoms with E-state index in [4.69, 9.17) is 9.66 Å². The van der Waals surface area contributed by atoms with Crippen molar-refractivity contribution >= 4 is 21.2 Å². The molecule has 0 amide bonds. The third kappa shape index (κ3) is 4.45. The zero-order valence-electron chi connectivity index (χ0n) is 5.35. The summed E-state index contributed by atoms with van der Waals surface area (Å²) in [5.41, 5.74) is 0. The Morgan fingerprint density at radius 3 is 1.91 bits per heavy atom. The number of rotatable bonds is 3. The van der Waals surface area contributed by atoms with E-state index in [2.05, 4.69) is 0 Å². The predicted molar refractivity (Wildman–Crippen MR) is 33.4 cm³/mol. The first-order chi connectivity index (χ1) is 4.84. The van der Waals surface area contributed by atoms with Crippen LogP contribution < -0.4 is 0 Å². The number of hydrogen-bond donors (Lipinski definition) is 2. The van der Waals surface area contributed by atoms with Crippen LogP contribution in [0.25, 0.3) is 0 Å².